The molecule has 6 heteroatoms. The van der Waals surface area contributed by atoms with Crippen molar-refractivity contribution in [2.75, 3.05) is 36.4 Å². The van der Waals surface area contributed by atoms with Crippen molar-refractivity contribution in [2.45, 2.75) is 6.92 Å². The summed E-state index contributed by atoms with van der Waals surface area (Å²) in [5.74, 6) is 0.456. The van der Waals surface area contributed by atoms with Gasteiger partial charge in [-0.15, -0.1) is 0 Å². The second-order valence-electron chi connectivity index (χ2n) is 5.35. The van der Waals surface area contributed by atoms with Crippen LogP contribution in [0.4, 0.5) is 16.4 Å². The highest BCUT2D eigenvalue weighted by Crippen LogP contribution is 2.20. The van der Waals surface area contributed by atoms with Crippen molar-refractivity contribution in [1.29, 1.82) is 0 Å². The number of nitrogens with one attached hydrogen (secondary N) is 1. The molecule has 0 saturated carbocycles. The van der Waals surface area contributed by atoms with Crippen LogP contribution in [-0.4, -0.2) is 37.1 Å². The predicted molar refractivity (Wildman–Crippen MR) is 90.4 cm³/mol. The minimum absolute atomic E-state index is 0.120. The number of aryl methyl sites for hydroxylation is 1. The molecular formula is C16H18BrN3O2. The summed E-state index contributed by atoms with van der Waals surface area (Å²) in [6.45, 7) is 5.15. The van der Waals surface area contributed by atoms with Crippen LogP contribution in [0.1, 0.15) is 5.56 Å². The minimum Gasteiger partial charge on any atom is -0.434 e. The minimum atomic E-state index is -0.120. The van der Waals surface area contributed by atoms with Crippen LogP contribution in [0.2, 0.25) is 0 Å². The number of carbonyl (C=O) groups excluding carboxylic acids is 1. The summed E-state index contributed by atoms with van der Waals surface area (Å²) in [6.07, 6.45) is 0. The zero-order valence-corrected chi connectivity index (χ0v) is 14.0. The van der Waals surface area contributed by atoms with Crippen LogP contribution in [0, 0.1) is 6.92 Å². The first-order valence-electron chi connectivity index (χ1n) is 7.25. The number of urea groups is 1. The standard InChI is InChI=1S/C16H18BrN3O2/c1-12-3-2-4-13(11-12)19-7-9-20(10-8-19)16(21)18-15-6-5-14(17)22-15/h2-6,11H,7-10H2,1H3,(H,18,21). The van der Waals surface area contributed by atoms with Gasteiger partial charge in [0.25, 0.3) is 0 Å². The smallest absolute Gasteiger partial charge is 0.324 e. The van der Waals surface area contributed by atoms with E-state index in [0.29, 0.717) is 23.6 Å². The summed E-state index contributed by atoms with van der Waals surface area (Å²) in [6, 6.07) is 11.8. The molecule has 116 valence electrons. The topological polar surface area (TPSA) is 48.7 Å². The van der Waals surface area contributed by atoms with E-state index in [1.807, 2.05) is 4.90 Å². The van der Waals surface area contributed by atoms with Crippen molar-refractivity contribution >= 4 is 33.5 Å². The number of hydrogen-bond donors (Lipinski definition) is 1. The number of benzene rings is 1. The first-order chi connectivity index (χ1) is 10.6. The van der Waals surface area contributed by atoms with Gasteiger partial charge in [0.1, 0.15) is 0 Å². The van der Waals surface area contributed by atoms with Gasteiger partial charge in [-0.05, 0) is 46.6 Å². The number of furan rings is 1. The van der Waals surface area contributed by atoms with E-state index in [-0.39, 0.29) is 6.03 Å². The monoisotopic (exact) mass is 363 g/mol. The van der Waals surface area contributed by atoms with Crippen molar-refractivity contribution in [3.8, 4) is 0 Å². The number of rotatable bonds is 2. The average Bonchev–Trinajstić information content (AvgIpc) is 2.92. The van der Waals surface area contributed by atoms with Gasteiger partial charge in [0, 0.05) is 37.9 Å². The summed E-state index contributed by atoms with van der Waals surface area (Å²) >= 11 is 3.22. The number of amides is 2. The maximum atomic E-state index is 12.2. The maximum Gasteiger partial charge on any atom is 0.324 e. The second kappa shape index (κ2) is 6.44. The van der Waals surface area contributed by atoms with Gasteiger partial charge in [-0.2, -0.15) is 0 Å². The largest absolute Gasteiger partial charge is 0.434 e. The first kappa shape index (κ1) is 15.0. The number of halogens is 1. The summed E-state index contributed by atoms with van der Waals surface area (Å²) in [4.78, 5) is 16.3. The average molecular weight is 364 g/mol. The normalized spacial score (nSPS) is 15.0. The van der Waals surface area contributed by atoms with E-state index in [4.69, 9.17) is 4.42 Å². The highest BCUT2D eigenvalue weighted by Gasteiger charge is 2.22. The second-order valence-corrected chi connectivity index (χ2v) is 6.13. The lowest BCUT2D eigenvalue weighted by Gasteiger charge is -2.36. The van der Waals surface area contributed by atoms with E-state index in [9.17, 15) is 4.79 Å². The van der Waals surface area contributed by atoms with Crippen molar-refractivity contribution in [2.24, 2.45) is 0 Å². The van der Waals surface area contributed by atoms with Gasteiger partial charge < -0.3 is 14.2 Å². The number of piperazine rings is 1. The molecule has 0 bridgehead atoms. The molecule has 1 aromatic heterocycles. The van der Waals surface area contributed by atoms with Crippen LogP contribution in [0.3, 0.4) is 0 Å². The molecule has 2 heterocycles. The van der Waals surface area contributed by atoms with Gasteiger partial charge in [-0.25, -0.2) is 4.79 Å². The molecule has 0 radical (unpaired) electrons. The molecule has 2 amide bonds. The van der Waals surface area contributed by atoms with E-state index in [1.165, 1.54) is 11.3 Å². The highest BCUT2D eigenvalue weighted by molar-refractivity contribution is 9.10. The fraction of sp³-hybridized carbons (Fsp3) is 0.312. The Labute approximate surface area is 138 Å². The molecule has 0 spiro atoms. The van der Waals surface area contributed by atoms with Gasteiger partial charge in [0.05, 0.1) is 0 Å². The van der Waals surface area contributed by atoms with E-state index >= 15 is 0 Å². The molecule has 5 nitrogen and oxygen atoms in total. The molecule has 1 aromatic carbocycles. The molecule has 0 aliphatic carbocycles. The number of anilines is 2. The molecule has 1 fully saturated rings. The Morgan fingerprint density at radius 1 is 1.18 bits per heavy atom. The molecule has 1 aliphatic heterocycles. The van der Waals surface area contributed by atoms with Gasteiger partial charge in [0.15, 0.2) is 4.67 Å². The van der Waals surface area contributed by atoms with Crippen LogP contribution in [0.25, 0.3) is 0 Å². The molecule has 22 heavy (non-hydrogen) atoms. The molecule has 0 unspecified atom stereocenters. The molecule has 2 aromatic rings. The van der Waals surface area contributed by atoms with E-state index < -0.39 is 0 Å². The van der Waals surface area contributed by atoms with E-state index in [1.54, 1.807) is 12.1 Å². The lowest BCUT2D eigenvalue weighted by Crippen LogP contribution is -2.50. The Bertz CT molecular complexity index is 663. The number of nitrogens with zero attached hydrogens (tertiary/aromatic N) is 2. The Kier molecular flexibility index (Phi) is 4.38. The third-order valence-corrected chi connectivity index (χ3v) is 4.16. The molecule has 1 N–H and O–H groups in total. The third kappa shape index (κ3) is 3.44. The Balaban J connectivity index is 1.56. The molecule has 0 atom stereocenters. The fourth-order valence-electron chi connectivity index (χ4n) is 2.56. The summed E-state index contributed by atoms with van der Waals surface area (Å²) in [5, 5.41) is 2.77. The van der Waals surface area contributed by atoms with Crippen LogP contribution >= 0.6 is 15.9 Å². The molecule has 3 rings (SSSR count). The quantitative estimate of drug-likeness (QED) is 0.884. The lowest BCUT2D eigenvalue weighted by molar-refractivity contribution is 0.207. The first-order valence-corrected chi connectivity index (χ1v) is 8.04. The summed E-state index contributed by atoms with van der Waals surface area (Å²) < 4.78 is 5.90. The van der Waals surface area contributed by atoms with Crippen molar-refractivity contribution in [1.82, 2.24) is 4.90 Å². The van der Waals surface area contributed by atoms with Gasteiger partial charge in [0.2, 0.25) is 5.88 Å². The lowest BCUT2D eigenvalue weighted by atomic mass is 10.2. The zero-order chi connectivity index (χ0) is 15.5. The van der Waals surface area contributed by atoms with Crippen LogP contribution < -0.4 is 10.2 Å². The van der Waals surface area contributed by atoms with Crippen molar-refractivity contribution < 1.29 is 9.21 Å². The van der Waals surface area contributed by atoms with Crippen LogP contribution in [-0.2, 0) is 0 Å². The van der Waals surface area contributed by atoms with Gasteiger partial charge in [-0.1, -0.05) is 12.1 Å². The SMILES string of the molecule is Cc1cccc(N2CCN(C(=O)Nc3ccc(Br)o3)CC2)c1. The van der Waals surface area contributed by atoms with E-state index in [0.717, 1.165) is 13.1 Å². The molecule has 1 aliphatic rings. The Morgan fingerprint density at radius 3 is 2.59 bits per heavy atom. The van der Waals surface area contributed by atoms with Gasteiger partial charge >= 0.3 is 6.03 Å². The van der Waals surface area contributed by atoms with Crippen molar-refractivity contribution in [3.05, 3.63) is 46.6 Å². The number of carbonyl (C=O) groups is 1. The highest BCUT2D eigenvalue weighted by atomic mass is 79.9. The van der Waals surface area contributed by atoms with E-state index in [2.05, 4.69) is 57.3 Å². The summed E-state index contributed by atoms with van der Waals surface area (Å²) in [7, 11) is 0. The number of hydrogen-bond acceptors (Lipinski definition) is 3. The Morgan fingerprint density at radius 2 is 1.95 bits per heavy atom. The Hall–Kier alpha value is -1.95. The fourth-order valence-corrected chi connectivity index (χ4v) is 2.86. The van der Waals surface area contributed by atoms with Crippen LogP contribution in [0.5, 0.6) is 0 Å². The molecular weight excluding hydrogens is 346 g/mol. The molecule has 1 saturated heterocycles. The van der Waals surface area contributed by atoms with Crippen LogP contribution in [0.15, 0.2) is 45.5 Å². The zero-order valence-electron chi connectivity index (χ0n) is 12.4. The summed E-state index contributed by atoms with van der Waals surface area (Å²) in [5.41, 5.74) is 2.47. The maximum absolute atomic E-state index is 12.2. The third-order valence-electron chi connectivity index (χ3n) is 3.74. The van der Waals surface area contributed by atoms with Gasteiger partial charge in [-0.3, -0.25) is 5.32 Å². The van der Waals surface area contributed by atoms with Crippen molar-refractivity contribution in [3.63, 3.8) is 0 Å². The predicted octanol–water partition coefficient (Wildman–Crippen LogP) is 3.70.